The van der Waals surface area contributed by atoms with Gasteiger partial charge in [0.15, 0.2) is 0 Å². The van der Waals surface area contributed by atoms with Gasteiger partial charge in [-0.15, -0.1) is 0 Å². The van der Waals surface area contributed by atoms with E-state index in [4.69, 9.17) is 4.74 Å². The third kappa shape index (κ3) is 4.39. The lowest BCUT2D eigenvalue weighted by Crippen LogP contribution is -2.50. The summed E-state index contributed by atoms with van der Waals surface area (Å²) in [7, 11) is 0. The standard InChI is InChI=1S/C13H22N2O3/c1-3-5-6-12(16)14-7-9-15(10-8-14)13(17)18-11-4-2/h4H,2-3,5-11H2,1H3. The molecule has 18 heavy (non-hydrogen) atoms. The van der Waals surface area contributed by atoms with Crippen LogP contribution in [0.25, 0.3) is 0 Å². The number of carbonyl (C=O) groups excluding carboxylic acids is 2. The Morgan fingerprint density at radius 1 is 1.22 bits per heavy atom. The largest absolute Gasteiger partial charge is 0.445 e. The number of rotatable bonds is 5. The lowest BCUT2D eigenvalue weighted by Gasteiger charge is -2.34. The van der Waals surface area contributed by atoms with Crippen LogP contribution >= 0.6 is 0 Å². The van der Waals surface area contributed by atoms with E-state index in [0.717, 1.165) is 12.8 Å². The van der Waals surface area contributed by atoms with Gasteiger partial charge in [-0.3, -0.25) is 4.79 Å². The van der Waals surface area contributed by atoms with E-state index in [9.17, 15) is 9.59 Å². The van der Waals surface area contributed by atoms with Gasteiger partial charge in [-0.2, -0.15) is 0 Å². The van der Waals surface area contributed by atoms with E-state index >= 15 is 0 Å². The van der Waals surface area contributed by atoms with Crippen molar-refractivity contribution in [2.45, 2.75) is 26.2 Å². The summed E-state index contributed by atoms with van der Waals surface area (Å²) >= 11 is 0. The molecule has 0 spiro atoms. The molecule has 0 aromatic rings. The fraction of sp³-hybridized carbons (Fsp3) is 0.692. The topological polar surface area (TPSA) is 49.9 Å². The van der Waals surface area contributed by atoms with Gasteiger partial charge in [-0.1, -0.05) is 26.0 Å². The van der Waals surface area contributed by atoms with Crippen molar-refractivity contribution in [1.29, 1.82) is 0 Å². The third-order valence-corrected chi connectivity index (χ3v) is 2.96. The van der Waals surface area contributed by atoms with Crippen molar-refractivity contribution >= 4 is 12.0 Å². The maximum Gasteiger partial charge on any atom is 0.410 e. The first-order valence-electron chi connectivity index (χ1n) is 6.49. The smallest absolute Gasteiger partial charge is 0.410 e. The van der Waals surface area contributed by atoms with Crippen molar-refractivity contribution in [3.63, 3.8) is 0 Å². The van der Waals surface area contributed by atoms with Crippen LogP contribution in [0, 0.1) is 0 Å². The quantitative estimate of drug-likeness (QED) is 0.701. The number of amides is 2. The Bertz CT molecular complexity index is 297. The summed E-state index contributed by atoms with van der Waals surface area (Å²) in [5.41, 5.74) is 0. The highest BCUT2D eigenvalue weighted by Gasteiger charge is 2.24. The van der Waals surface area contributed by atoms with E-state index in [1.807, 2.05) is 4.90 Å². The van der Waals surface area contributed by atoms with Gasteiger partial charge in [0.25, 0.3) is 0 Å². The van der Waals surface area contributed by atoms with Gasteiger partial charge in [0, 0.05) is 32.6 Å². The van der Waals surface area contributed by atoms with E-state index in [-0.39, 0.29) is 18.6 Å². The summed E-state index contributed by atoms with van der Waals surface area (Å²) in [4.78, 5) is 26.8. The van der Waals surface area contributed by atoms with Crippen LogP contribution in [0.3, 0.4) is 0 Å². The Morgan fingerprint density at radius 3 is 2.39 bits per heavy atom. The van der Waals surface area contributed by atoms with Crippen molar-refractivity contribution < 1.29 is 14.3 Å². The average Bonchev–Trinajstić information content (AvgIpc) is 2.42. The van der Waals surface area contributed by atoms with E-state index in [2.05, 4.69) is 13.5 Å². The summed E-state index contributed by atoms with van der Waals surface area (Å²) in [5, 5.41) is 0. The van der Waals surface area contributed by atoms with E-state index in [1.54, 1.807) is 11.0 Å². The Kier molecular flexibility index (Phi) is 6.25. The summed E-state index contributed by atoms with van der Waals surface area (Å²) in [6, 6.07) is 0. The number of nitrogens with zero attached hydrogens (tertiary/aromatic N) is 2. The van der Waals surface area contributed by atoms with Gasteiger partial charge >= 0.3 is 6.09 Å². The van der Waals surface area contributed by atoms with Gasteiger partial charge in [-0.05, 0) is 6.42 Å². The van der Waals surface area contributed by atoms with Crippen LogP contribution in [0.5, 0.6) is 0 Å². The number of hydrogen-bond acceptors (Lipinski definition) is 3. The zero-order valence-electron chi connectivity index (χ0n) is 11.1. The molecular weight excluding hydrogens is 232 g/mol. The molecule has 5 nitrogen and oxygen atoms in total. The molecule has 0 bridgehead atoms. The molecule has 1 aliphatic heterocycles. The molecule has 0 N–H and O–H groups in total. The molecule has 0 saturated carbocycles. The fourth-order valence-electron chi connectivity index (χ4n) is 1.85. The number of carbonyl (C=O) groups is 2. The van der Waals surface area contributed by atoms with Gasteiger partial charge in [0.05, 0.1) is 0 Å². The summed E-state index contributed by atoms with van der Waals surface area (Å²) in [6.45, 7) is 8.10. The molecule has 0 aromatic carbocycles. The first kappa shape index (κ1) is 14.5. The molecule has 102 valence electrons. The van der Waals surface area contributed by atoms with Crippen LogP contribution < -0.4 is 0 Å². The maximum atomic E-state index is 11.8. The Morgan fingerprint density at radius 2 is 1.83 bits per heavy atom. The maximum absolute atomic E-state index is 11.8. The molecular formula is C13H22N2O3. The van der Waals surface area contributed by atoms with Crippen molar-refractivity contribution in [2.24, 2.45) is 0 Å². The second kappa shape index (κ2) is 7.74. The molecule has 2 amide bonds. The monoisotopic (exact) mass is 254 g/mol. The Hall–Kier alpha value is -1.52. The van der Waals surface area contributed by atoms with Crippen LogP contribution in [-0.4, -0.2) is 54.6 Å². The van der Waals surface area contributed by atoms with E-state index in [0.29, 0.717) is 32.6 Å². The molecule has 1 fully saturated rings. The molecule has 0 aliphatic carbocycles. The van der Waals surface area contributed by atoms with Crippen LogP contribution in [-0.2, 0) is 9.53 Å². The molecule has 1 heterocycles. The van der Waals surface area contributed by atoms with Crippen LogP contribution in [0.15, 0.2) is 12.7 Å². The van der Waals surface area contributed by atoms with Crippen molar-refractivity contribution in [3.8, 4) is 0 Å². The zero-order chi connectivity index (χ0) is 13.4. The zero-order valence-corrected chi connectivity index (χ0v) is 11.1. The minimum absolute atomic E-state index is 0.191. The van der Waals surface area contributed by atoms with Crippen molar-refractivity contribution in [2.75, 3.05) is 32.8 Å². The lowest BCUT2D eigenvalue weighted by atomic mass is 10.2. The molecule has 0 atom stereocenters. The van der Waals surface area contributed by atoms with E-state index in [1.165, 1.54) is 0 Å². The third-order valence-electron chi connectivity index (χ3n) is 2.96. The highest BCUT2D eigenvalue weighted by atomic mass is 16.6. The minimum Gasteiger partial charge on any atom is -0.445 e. The first-order valence-corrected chi connectivity index (χ1v) is 6.49. The summed E-state index contributed by atoms with van der Waals surface area (Å²) in [5.74, 6) is 0.191. The molecule has 0 unspecified atom stereocenters. The second-order valence-electron chi connectivity index (χ2n) is 4.34. The van der Waals surface area contributed by atoms with E-state index < -0.39 is 0 Å². The average molecular weight is 254 g/mol. The predicted octanol–water partition coefficient (Wildman–Crippen LogP) is 1.64. The Labute approximate surface area is 108 Å². The highest BCUT2D eigenvalue weighted by molar-refractivity contribution is 5.76. The molecule has 0 radical (unpaired) electrons. The molecule has 1 saturated heterocycles. The van der Waals surface area contributed by atoms with Gasteiger partial charge in [0.2, 0.25) is 5.91 Å². The van der Waals surface area contributed by atoms with Crippen LogP contribution in [0.4, 0.5) is 4.79 Å². The molecule has 1 aliphatic rings. The van der Waals surface area contributed by atoms with Crippen molar-refractivity contribution in [3.05, 3.63) is 12.7 Å². The molecule has 0 aromatic heterocycles. The van der Waals surface area contributed by atoms with Gasteiger partial charge < -0.3 is 14.5 Å². The highest BCUT2D eigenvalue weighted by Crippen LogP contribution is 2.07. The van der Waals surface area contributed by atoms with Crippen LogP contribution in [0.2, 0.25) is 0 Å². The van der Waals surface area contributed by atoms with Gasteiger partial charge in [0.1, 0.15) is 6.61 Å². The van der Waals surface area contributed by atoms with Gasteiger partial charge in [-0.25, -0.2) is 4.79 Å². The Balaban J connectivity index is 2.29. The fourth-order valence-corrected chi connectivity index (χ4v) is 1.85. The summed E-state index contributed by atoms with van der Waals surface area (Å²) in [6.07, 6.45) is 3.79. The number of hydrogen-bond donors (Lipinski definition) is 0. The minimum atomic E-state index is -0.324. The second-order valence-corrected chi connectivity index (χ2v) is 4.34. The molecule has 5 heteroatoms. The molecule has 1 rings (SSSR count). The SMILES string of the molecule is C=CCOC(=O)N1CCN(C(=O)CCCC)CC1. The number of piperazine rings is 1. The number of unbranched alkanes of at least 4 members (excludes halogenated alkanes) is 1. The van der Waals surface area contributed by atoms with Crippen LogP contribution in [0.1, 0.15) is 26.2 Å². The van der Waals surface area contributed by atoms with Crippen molar-refractivity contribution in [1.82, 2.24) is 9.80 Å². The lowest BCUT2D eigenvalue weighted by molar-refractivity contribution is -0.132. The predicted molar refractivity (Wildman–Crippen MR) is 69.2 cm³/mol. The summed E-state index contributed by atoms with van der Waals surface area (Å²) < 4.78 is 4.96. The number of ether oxygens (including phenoxy) is 1. The normalized spacial score (nSPS) is 15.4. The first-order chi connectivity index (χ1) is 8.69.